The van der Waals surface area contributed by atoms with E-state index in [-0.39, 0.29) is 31.2 Å². The van der Waals surface area contributed by atoms with Crippen LogP contribution in [-0.2, 0) is 30.8 Å². The van der Waals surface area contributed by atoms with Gasteiger partial charge in [0.2, 0.25) is 5.91 Å². The number of hydrogen-bond donors (Lipinski definition) is 0. The normalized spacial score (nSPS) is 12.4. The SMILES string of the molecule is N#Cc1ccc(Cn2cncc2CC(=O)N2Cc3nc(-c4ccccc4Br)cn3Cc3c(F)cccc32)cc1. The van der Waals surface area contributed by atoms with Crippen LogP contribution < -0.4 is 4.90 Å². The predicted molar refractivity (Wildman–Crippen MR) is 148 cm³/mol. The van der Waals surface area contributed by atoms with Gasteiger partial charge in [-0.25, -0.2) is 14.4 Å². The number of anilines is 1. The molecule has 0 saturated carbocycles. The molecule has 5 aromatic rings. The maximum absolute atomic E-state index is 15.1. The second-order valence-corrected chi connectivity index (χ2v) is 10.2. The number of halogens is 2. The van der Waals surface area contributed by atoms with E-state index in [1.807, 2.05) is 51.7 Å². The Morgan fingerprint density at radius 2 is 1.87 bits per heavy atom. The minimum atomic E-state index is -0.361. The Balaban J connectivity index is 1.31. The average Bonchev–Trinajstić information content (AvgIpc) is 3.51. The van der Waals surface area contributed by atoms with Crippen LogP contribution in [0.25, 0.3) is 11.3 Å². The van der Waals surface area contributed by atoms with E-state index in [9.17, 15) is 4.79 Å². The molecule has 192 valence electrons. The second-order valence-electron chi connectivity index (χ2n) is 9.37. The molecule has 1 aliphatic rings. The third-order valence-corrected chi connectivity index (χ3v) is 7.58. The van der Waals surface area contributed by atoms with Crippen LogP contribution >= 0.6 is 15.9 Å². The van der Waals surface area contributed by atoms with Crippen LogP contribution in [0.15, 0.2) is 89.9 Å². The van der Waals surface area contributed by atoms with Gasteiger partial charge in [-0.05, 0) is 35.9 Å². The van der Waals surface area contributed by atoms with Gasteiger partial charge in [0.1, 0.15) is 11.6 Å². The number of amides is 1. The Kier molecular flexibility index (Phi) is 6.55. The van der Waals surface area contributed by atoms with Crippen molar-refractivity contribution in [2.75, 3.05) is 4.90 Å². The molecular weight excluding hydrogens is 559 g/mol. The first-order chi connectivity index (χ1) is 19.0. The predicted octanol–water partition coefficient (Wildman–Crippen LogP) is 5.71. The van der Waals surface area contributed by atoms with Gasteiger partial charge in [0.15, 0.2) is 0 Å². The Hall–Kier alpha value is -4.55. The Labute approximate surface area is 232 Å². The smallest absolute Gasteiger partial charge is 0.233 e. The number of rotatable bonds is 5. The van der Waals surface area contributed by atoms with Gasteiger partial charge < -0.3 is 14.0 Å². The summed E-state index contributed by atoms with van der Waals surface area (Å²) in [4.78, 5) is 24.5. The quantitative estimate of drug-likeness (QED) is 0.267. The van der Waals surface area contributed by atoms with Crippen molar-refractivity contribution in [2.24, 2.45) is 0 Å². The lowest BCUT2D eigenvalue weighted by Crippen LogP contribution is -2.33. The number of nitrogens with zero attached hydrogens (tertiary/aromatic N) is 6. The lowest BCUT2D eigenvalue weighted by molar-refractivity contribution is -0.118. The molecule has 3 heterocycles. The summed E-state index contributed by atoms with van der Waals surface area (Å²) in [6, 6.07) is 22.1. The number of aromatic nitrogens is 4. The molecule has 0 radical (unpaired) electrons. The molecule has 0 N–H and O–H groups in total. The lowest BCUT2D eigenvalue weighted by Gasteiger charge is -2.23. The van der Waals surface area contributed by atoms with Crippen molar-refractivity contribution in [1.29, 1.82) is 5.26 Å². The summed E-state index contributed by atoms with van der Waals surface area (Å²) in [7, 11) is 0. The Morgan fingerprint density at radius 1 is 1.05 bits per heavy atom. The summed E-state index contributed by atoms with van der Waals surface area (Å²) >= 11 is 3.59. The molecule has 3 aromatic carbocycles. The molecule has 1 amide bonds. The molecule has 2 aromatic heterocycles. The molecule has 0 saturated heterocycles. The largest absolute Gasteiger partial charge is 0.330 e. The van der Waals surface area contributed by atoms with Gasteiger partial charge in [0.05, 0.1) is 48.9 Å². The van der Waals surface area contributed by atoms with Crippen LogP contribution in [0.4, 0.5) is 10.1 Å². The van der Waals surface area contributed by atoms with E-state index in [4.69, 9.17) is 10.2 Å². The van der Waals surface area contributed by atoms with E-state index in [1.165, 1.54) is 6.07 Å². The minimum absolute atomic E-state index is 0.0873. The molecule has 9 heteroatoms. The second kappa shape index (κ2) is 10.3. The minimum Gasteiger partial charge on any atom is -0.330 e. The van der Waals surface area contributed by atoms with E-state index in [1.54, 1.807) is 41.7 Å². The van der Waals surface area contributed by atoms with E-state index < -0.39 is 0 Å². The summed E-state index contributed by atoms with van der Waals surface area (Å²) < 4.78 is 19.8. The highest BCUT2D eigenvalue weighted by Gasteiger charge is 2.28. The molecule has 0 aliphatic carbocycles. The fraction of sp³-hybridized carbons (Fsp3) is 0.133. The number of carbonyl (C=O) groups excluding carboxylic acids is 1. The van der Waals surface area contributed by atoms with Crippen molar-refractivity contribution < 1.29 is 9.18 Å². The van der Waals surface area contributed by atoms with Gasteiger partial charge in [0.25, 0.3) is 0 Å². The zero-order chi connectivity index (χ0) is 26.9. The molecule has 6 rings (SSSR count). The molecule has 0 unspecified atom stereocenters. The van der Waals surface area contributed by atoms with Gasteiger partial charge in [-0.15, -0.1) is 0 Å². The highest BCUT2D eigenvalue weighted by molar-refractivity contribution is 9.10. The molecule has 0 atom stereocenters. The number of hydrogen-bond acceptors (Lipinski definition) is 4. The fourth-order valence-electron chi connectivity index (χ4n) is 4.86. The first kappa shape index (κ1) is 24.8. The molecule has 0 bridgehead atoms. The highest BCUT2D eigenvalue weighted by atomic mass is 79.9. The highest BCUT2D eigenvalue weighted by Crippen LogP contribution is 2.33. The summed E-state index contributed by atoms with van der Waals surface area (Å²) in [6.45, 7) is 0.998. The van der Waals surface area contributed by atoms with Crippen molar-refractivity contribution in [3.8, 4) is 17.3 Å². The van der Waals surface area contributed by atoms with Crippen LogP contribution in [0.3, 0.4) is 0 Å². The first-order valence-corrected chi connectivity index (χ1v) is 13.2. The zero-order valence-corrected chi connectivity index (χ0v) is 22.3. The van der Waals surface area contributed by atoms with E-state index in [0.29, 0.717) is 29.2 Å². The molecule has 7 nitrogen and oxygen atoms in total. The first-order valence-electron chi connectivity index (χ1n) is 12.4. The van der Waals surface area contributed by atoms with Crippen molar-refractivity contribution in [2.45, 2.75) is 26.1 Å². The monoisotopic (exact) mass is 580 g/mol. The number of benzene rings is 3. The number of fused-ring (bicyclic) bond motifs is 2. The number of imidazole rings is 2. The van der Waals surface area contributed by atoms with Crippen LogP contribution in [0.2, 0.25) is 0 Å². The van der Waals surface area contributed by atoms with Crippen molar-refractivity contribution in [3.05, 3.63) is 124 Å². The fourth-order valence-corrected chi connectivity index (χ4v) is 5.35. The molecule has 0 spiro atoms. The summed E-state index contributed by atoms with van der Waals surface area (Å²) in [5.41, 5.74) is 5.00. The molecule has 39 heavy (non-hydrogen) atoms. The molecule has 1 aliphatic heterocycles. The lowest BCUT2D eigenvalue weighted by atomic mass is 10.1. The Bertz CT molecular complexity index is 1730. The third-order valence-electron chi connectivity index (χ3n) is 6.89. The summed E-state index contributed by atoms with van der Waals surface area (Å²) in [5, 5.41) is 9.05. The summed E-state index contributed by atoms with van der Waals surface area (Å²) in [5.74, 6) is 0.137. The van der Waals surface area contributed by atoms with Gasteiger partial charge >= 0.3 is 0 Å². The van der Waals surface area contributed by atoms with Crippen LogP contribution in [0.1, 0.15) is 28.2 Å². The Morgan fingerprint density at radius 3 is 2.67 bits per heavy atom. The van der Waals surface area contributed by atoms with Crippen LogP contribution in [-0.4, -0.2) is 25.0 Å². The van der Waals surface area contributed by atoms with E-state index in [0.717, 1.165) is 27.0 Å². The van der Waals surface area contributed by atoms with Gasteiger partial charge in [0, 0.05) is 40.2 Å². The topological polar surface area (TPSA) is 79.7 Å². The molecule has 0 fully saturated rings. The van der Waals surface area contributed by atoms with E-state index in [2.05, 4.69) is 27.0 Å². The zero-order valence-electron chi connectivity index (χ0n) is 20.8. The average molecular weight is 581 g/mol. The van der Waals surface area contributed by atoms with Gasteiger partial charge in [-0.2, -0.15) is 5.26 Å². The van der Waals surface area contributed by atoms with Crippen molar-refractivity contribution >= 4 is 27.5 Å². The van der Waals surface area contributed by atoms with E-state index >= 15 is 4.39 Å². The number of carbonyl (C=O) groups is 1. The van der Waals surface area contributed by atoms with Crippen molar-refractivity contribution in [3.63, 3.8) is 0 Å². The standard InChI is InChI=1S/C30H22BrFN6O/c31-25-5-2-1-4-23(25)27-17-36-16-24-26(32)6-3-7-28(24)38(18-29(36)35-27)30(39)12-22-14-34-19-37(22)15-21-10-8-20(13-33)9-11-21/h1-11,14,17,19H,12,15-16,18H2. The third kappa shape index (κ3) is 4.87. The maximum atomic E-state index is 15.1. The van der Waals surface area contributed by atoms with Gasteiger partial charge in [-0.3, -0.25) is 4.79 Å². The summed E-state index contributed by atoms with van der Waals surface area (Å²) in [6.07, 6.45) is 5.36. The van der Waals surface area contributed by atoms with Crippen LogP contribution in [0.5, 0.6) is 0 Å². The number of nitriles is 1. The molecular formula is C30H22BrFN6O. The van der Waals surface area contributed by atoms with Crippen LogP contribution in [0, 0.1) is 17.1 Å². The maximum Gasteiger partial charge on any atom is 0.233 e. The van der Waals surface area contributed by atoms with Gasteiger partial charge in [-0.1, -0.05) is 52.3 Å². The van der Waals surface area contributed by atoms with Crippen molar-refractivity contribution in [1.82, 2.24) is 19.1 Å².